The second-order valence-electron chi connectivity index (χ2n) is 4.04. The van der Waals surface area contributed by atoms with Crippen LogP contribution in [0.5, 0.6) is 0 Å². The van der Waals surface area contributed by atoms with Gasteiger partial charge in [-0.1, -0.05) is 18.2 Å². The summed E-state index contributed by atoms with van der Waals surface area (Å²) in [5, 5.41) is 0. The summed E-state index contributed by atoms with van der Waals surface area (Å²) in [4.78, 5) is 4.07. The molecule has 0 bridgehead atoms. The summed E-state index contributed by atoms with van der Waals surface area (Å²) in [6.45, 7) is 2.02. The Morgan fingerprint density at radius 2 is 2.38 bits per heavy atom. The minimum atomic E-state index is 0.265. The SMILES string of the molecule is CC(N)CC/C=C/c1ccc2ncoc2c1. The third-order valence-electron chi connectivity index (χ3n) is 2.45. The van der Waals surface area contributed by atoms with Gasteiger partial charge in [-0.3, -0.25) is 0 Å². The van der Waals surface area contributed by atoms with Crippen LogP contribution in [0.1, 0.15) is 25.3 Å². The Bertz CT molecular complexity index is 485. The second-order valence-corrected chi connectivity index (χ2v) is 4.04. The van der Waals surface area contributed by atoms with Crippen molar-refractivity contribution in [1.82, 2.24) is 4.98 Å². The lowest BCUT2D eigenvalue weighted by atomic mass is 10.1. The molecule has 2 aromatic rings. The molecule has 0 aliphatic rings. The maximum atomic E-state index is 5.68. The number of rotatable bonds is 4. The van der Waals surface area contributed by atoms with Crippen molar-refractivity contribution in [2.45, 2.75) is 25.8 Å². The zero-order chi connectivity index (χ0) is 11.4. The van der Waals surface area contributed by atoms with Gasteiger partial charge in [-0.05, 0) is 37.5 Å². The molecule has 1 heterocycles. The summed E-state index contributed by atoms with van der Waals surface area (Å²) in [5.41, 5.74) is 8.53. The van der Waals surface area contributed by atoms with Crippen LogP contribution < -0.4 is 5.73 Å². The lowest BCUT2D eigenvalue weighted by Gasteiger charge is -1.99. The van der Waals surface area contributed by atoms with Crippen LogP contribution in [0.4, 0.5) is 0 Å². The van der Waals surface area contributed by atoms with Crippen LogP contribution in [0, 0.1) is 0 Å². The molecule has 1 unspecified atom stereocenters. The summed E-state index contributed by atoms with van der Waals surface area (Å²) < 4.78 is 5.24. The van der Waals surface area contributed by atoms with Crippen molar-refractivity contribution in [3.8, 4) is 0 Å². The normalized spacial score (nSPS) is 13.6. The molecule has 3 heteroatoms. The van der Waals surface area contributed by atoms with Gasteiger partial charge in [0.25, 0.3) is 0 Å². The van der Waals surface area contributed by atoms with E-state index in [0.717, 1.165) is 29.5 Å². The average Bonchev–Trinajstić information content (AvgIpc) is 2.71. The molecule has 0 saturated heterocycles. The van der Waals surface area contributed by atoms with E-state index in [-0.39, 0.29) is 6.04 Å². The molecule has 1 atom stereocenters. The quantitative estimate of drug-likeness (QED) is 0.854. The van der Waals surface area contributed by atoms with Gasteiger partial charge in [-0.15, -0.1) is 0 Å². The molecule has 0 aliphatic heterocycles. The molecule has 2 N–H and O–H groups in total. The minimum absolute atomic E-state index is 0.265. The first-order valence-electron chi connectivity index (χ1n) is 5.51. The van der Waals surface area contributed by atoms with Gasteiger partial charge >= 0.3 is 0 Å². The Kier molecular flexibility index (Phi) is 3.37. The number of fused-ring (bicyclic) bond motifs is 1. The Labute approximate surface area is 95.0 Å². The van der Waals surface area contributed by atoms with Crippen molar-refractivity contribution in [2.75, 3.05) is 0 Å². The largest absolute Gasteiger partial charge is 0.443 e. The monoisotopic (exact) mass is 216 g/mol. The summed E-state index contributed by atoms with van der Waals surface area (Å²) in [5.74, 6) is 0. The first-order valence-corrected chi connectivity index (χ1v) is 5.51. The molecule has 0 aliphatic carbocycles. The number of nitrogens with zero attached hydrogens (tertiary/aromatic N) is 1. The predicted octanol–water partition coefficient (Wildman–Crippen LogP) is 2.97. The van der Waals surface area contributed by atoms with Crippen LogP contribution in [0.2, 0.25) is 0 Å². The molecule has 1 aromatic carbocycles. The van der Waals surface area contributed by atoms with Crippen molar-refractivity contribution in [3.05, 3.63) is 36.2 Å². The number of benzene rings is 1. The van der Waals surface area contributed by atoms with Crippen LogP contribution in [0.15, 0.2) is 35.1 Å². The van der Waals surface area contributed by atoms with Crippen molar-refractivity contribution in [2.24, 2.45) is 5.73 Å². The van der Waals surface area contributed by atoms with E-state index in [4.69, 9.17) is 10.2 Å². The van der Waals surface area contributed by atoms with E-state index in [9.17, 15) is 0 Å². The summed E-state index contributed by atoms with van der Waals surface area (Å²) >= 11 is 0. The van der Waals surface area contributed by atoms with Crippen molar-refractivity contribution < 1.29 is 4.42 Å². The fourth-order valence-electron chi connectivity index (χ4n) is 1.55. The van der Waals surface area contributed by atoms with E-state index in [2.05, 4.69) is 17.1 Å². The molecule has 0 spiro atoms. The van der Waals surface area contributed by atoms with Gasteiger partial charge in [0.2, 0.25) is 0 Å². The first kappa shape index (κ1) is 10.9. The topological polar surface area (TPSA) is 52.0 Å². The van der Waals surface area contributed by atoms with Crippen LogP contribution in [0.25, 0.3) is 17.2 Å². The lowest BCUT2D eigenvalue weighted by Crippen LogP contribution is -2.13. The molecule has 0 amide bonds. The number of hydrogen-bond donors (Lipinski definition) is 1. The zero-order valence-corrected chi connectivity index (χ0v) is 9.39. The van der Waals surface area contributed by atoms with Crippen LogP contribution in [-0.2, 0) is 0 Å². The molecular formula is C13H16N2O. The molecule has 0 radical (unpaired) electrons. The number of allylic oxidation sites excluding steroid dienone is 1. The maximum Gasteiger partial charge on any atom is 0.181 e. The molecule has 0 saturated carbocycles. The van der Waals surface area contributed by atoms with Gasteiger partial charge in [-0.2, -0.15) is 0 Å². The molecule has 2 rings (SSSR count). The highest BCUT2D eigenvalue weighted by Crippen LogP contribution is 2.15. The molecule has 1 aromatic heterocycles. The molecule has 3 nitrogen and oxygen atoms in total. The highest BCUT2D eigenvalue weighted by atomic mass is 16.3. The predicted molar refractivity (Wildman–Crippen MR) is 65.9 cm³/mol. The fourth-order valence-corrected chi connectivity index (χ4v) is 1.55. The van der Waals surface area contributed by atoms with E-state index in [1.54, 1.807) is 0 Å². The van der Waals surface area contributed by atoms with Gasteiger partial charge in [-0.25, -0.2) is 4.98 Å². The molecule has 0 fully saturated rings. The van der Waals surface area contributed by atoms with Gasteiger partial charge in [0, 0.05) is 6.04 Å². The zero-order valence-electron chi connectivity index (χ0n) is 9.39. The standard InChI is InChI=1S/C13H16N2O/c1-10(14)4-2-3-5-11-6-7-12-13(8-11)16-9-15-12/h3,5-10H,2,4,14H2,1H3/b5-3+. The Hall–Kier alpha value is -1.61. The smallest absolute Gasteiger partial charge is 0.181 e. The van der Waals surface area contributed by atoms with Crippen molar-refractivity contribution >= 4 is 17.2 Å². The highest BCUT2D eigenvalue weighted by molar-refractivity contribution is 5.75. The Balaban J connectivity index is 2.03. The summed E-state index contributed by atoms with van der Waals surface area (Å²) in [6, 6.07) is 6.25. The van der Waals surface area contributed by atoms with Crippen LogP contribution in [-0.4, -0.2) is 11.0 Å². The number of hydrogen-bond acceptors (Lipinski definition) is 3. The number of aromatic nitrogens is 1. The second kappa shape index (κ2) is 4.94. The fraction of sp³-hybridized carbons (Fsp3) is 0.308. The van der Waals surface area contributed by atoms with E-state index in [1.807, 2.05) is 25.1 Å². The molecule has 16 heavy (non-hydrogen) atoms. The summed E-state index contributed by atoms with van der Waals surface area (Å²) in [6.07, 6.45) is 7.71. The van der Waals surface area contributed by atoms with E-state index in [1.165, 1.54) is 6.39 Å². The third-order valence-corrected chi connectivity index (χ3v) is 2.45. The number of nitrogens with two attached hydrogens (primary N) is 1. The van der Waals surface area contributed by atoms with Crippen LogP contribution >= 0.6 is 0 Å². The Morgan fingerprint density at radius 3 is 3.19 bits per heavy atom. The van der Waals surface area contributed by atoms with Crippen molar-refractivity contribution in [3.63, 3.8) is 0 Å². The third kappa shape index (κ3) is 2.70. The maximum absolute atomic E-state index is 5.68. The minimum Gasteiger partial charge on any atom is -0.443 e. The number of oxazole rings is 1. The average molecular weight is 216 g/mol. The van der Waals surface area contributed by atoms with Crippen LogP contribution in [0.3, 0.4) is 0 Å². The van der Waals surface area contributed by atoms with Crippen molar-refractivity contribution in [1.29, 1.82) is 0 Å². The highest BCUT2D eigenvalue weighted by Gasteiger charge is 1.97. The molecule has 84 valence electrons. The van der Waals surface area contributed by atoms with E-state index >= 15 is 0 Å². The van der Waals surface area contributed by atoms with Gasteiger partial charge in [0.15, 0.2) is 12.0 Å². The van der Waals surface area contributed by atoms with Gasteiger partial charge in [0.1, 0.15) is 5.52 Å². The lowest BCUT2D eigenvalue weighted by molar-refractivity contribution is 0.602. The van der Waals surface area contributed by atoms with E-state index in [0.29, 0.717) is 0 Å². The Morgan fingerprint density at radius 1 is 1.50 bits per heavy atom. The van der Waals surface area contributed by atoms with E-state index < -0.39 is 0 Å². The van der Waals surface area contributed by atoms with Gasteiger partial charge in [0.05, 0.1) is 0 Å². The molecular weight excluding hydrogens is 200 g/mol. The summed E-state index contributed by atoms with van der Waals surface area (Å²) in [7, 11) is 0. The van der Waals surface area contributed by atoms with Gasteiger partial charge < -0.3 is 10.2 Å². The first-order chi connectivity index (χ1) is 7.75.